The van der Waals surface area contributed by atoms with Gasteiger partial charge in [-0.1, -0.05) is 36.4 Å². The van der Waals surface area contributed by atoms with E-state index < -0.39 is 5.91 Å². The number of ether oxygens (including phenoxy) is 2. The van der Waals surface area contributed by atoms with E-state index in [-0.39, 0.29) is 22.8 Å². The van der Waals surface area contributed by atoms with Crippen LogP contribution < -0.4 is 9.47 Å². The molecule has 0 amide bonds. The lowest BCUT2D eigenvalue weighted by Crippen LogP contribution is -2.15. The van der Waals surface area contributed by atoms with Crippen molar-refractivity contribution in [3.63, 3.8) is 0 Å². The van der Waals surface area contributed by atoms with Crippen LogP contribution in [0.25, 0.3) is 24.3 Å². The molecule has 0 atom stereocenters. The van der Waals surface area contributed by atoms with Crippen molar-refractivity contribution in [3.05, 3.63) is 94.8 Å². The van der Waals surface area contributed by atoms with Gasteiger partial charge in [0.1, 0.15) is 5.75 Å². The average Bonchev–Trinajstić information content (AvgIpc) is 3.30. The zero-order valence-corrected chi connectivity index (χ0v) is 19.6. The van der Waals surface area contributed by atoms with E-state index in [2.05, 4.69) is 5.10 Å². The van der Waals surface area contributed by atoms with E-state index in [4.69, 9.17) is 9.47 Å². The molecule has 1 aromatic heterocycles. The molecule has 4 aromatic rings. The third-order valence-electron chi connectivity index (χ3n) is 5.38. The lowest BCUT2D eigenvalue weighted by Gasteiger charge is -2.06. The van der Waals surface area contributed by atoms with Crippen molar-refractivity contribution >= 4 is 30.2 Å². The number of hydrogen-bond acceptors (Lipinski definition) is 7. The first-order valence-electron chi connectivity index (χ1n) is 10.9. The number of methoxy groups -OCH3 is 2. The highest BCUT2D eigenvalue weighted by atomic mass is 16.5. The van der Waals surface area contributed by atoms with Crippen LogP contribution in [0.3, 0.4) is 0 Å². The molecule has 3 aromatic carbocycles. The van der Waals surface area contributed by atoms with Gasteiger partial charge in [0.05, 0.1) is 31.2 Å². The Morgan fingerprint density at radius 1 is 0.750 bits per heavy atom. The van der Waals surface area contributed by atoms with Gasteiger partial charge >= 0.3 is 0 Å². The molecule has 0 unspecified atom stereocenters. The van der Waals surface area contributed by atoms with Crippen molar-refractivity contribution in [2.75, 3.05) is 14.2 Å². The molecule has 8 nitrogen and oxygen atoms in total. The topological polar surface area (TPSA) is 114 Å². The number of phenolic OH excluding ortho intramolecular Hbond substituents is 3. The summed E-state index contributed by atoms with van der Waals surface area (Å²) in [4.78, 5) is 13.2. The second-order valence-corrected chi connectivity index (χ2v) is 7.76. The Labute approximate surface area is 207 Å². The fourth-order valence-electron chi connectivity index (χ4n) is 3.51. The number of benzene rings is 3. The summed E-state index contributed by atoms with van der Waals surface area (Å²) in [6.07, 6.45) is 6.96. The minimum atomic E-state index is -0.498. The summed E-state index contributed by atoms with van der Waals surface area (Å²) in [5.74, 6) is 0.0684. The van der Waals surface area contributed by atoms with Crippen LogP contribution in [0.1, 0.15) is 32.9 Å². The smallest absolute Gasteiger partial charge is 0.282 e. The van der Waals surface area contributed by atoms with Crippen molar-refractivity contribution in [2.24, 2.45) is 0 Å². The van der Waals surface area contributed by atoms with Gasteiger partial charge in [0.15, 0.2) is 23.0 Å². The number of aromatic nitrogens is 2. The monoisotopic (exact) mass is 484 g/mol. The fraction of sp³-hybridized carbons (Fsp3) is 0.0714. The molecule has 0 saturated carbocycles. The van der Waals surface area contributed by atoms with E-state index in [1.54, 1.807) is 66.8 Å². The van der Waals surface area contributed by atoms with Crippen LogP contribution in [0, 0.1) is 0 Å². The highest BCUT2D eigenvalue weighted by Gasteiger charge is 2.17. The lowest BCUT2D eigenvalue weighted by molar-refractivity contribution is 0.0941. The van der Waals surface area contributed by atoms with Gasteiger partial charge in [-0.2, -0.15) is 9.78 Å². The molecule has 0 radical (unpaired) electrons. The fourth-order valence-corrected chi connectivity index (χ4v) is 3.51. The Morgan fingerprint density at radius 2 is 1.33 bits per heavy atom. The third-order valence-corrected chi connectivity index (χ3v) is 5.38. The molecule has 182 valence electrons. The predicted octanol–water partition coefficient (Wildman–Crippen LogP) is 5.05. The summed E-state index contributed by atoms with van der Waals surface area (Å²) in [5, 5.41) is 34.3. The summed E-state index contributed by atoms with van der Waals surface area (Å²) in [6, 6.07) is 17.8. The summed E-state index contributed by atoms with van der Waals surface area (Å²) in [5.41, 5.74) is 2.58. The molecular weight excluding hydrogens is 460 g/mol. The van der Waals surface area contributed by atoms with E-state index in [9.17, 15) is 20.1 Å². The van der Waals surface area contributed by atoms with E-state index in [1.807, 2.05) is 0 Å². The molecule has 0 aliphatic rings. The first kappa shape index (κ1) is 24.2. The number of carbonyl (C=O) groups is 1. The number of nitrogens with zero attached hydrogens (tertiary/aromatic N) is 2. The molecule has 0 aliphatic carbocycles. The number of phenols is 3. The molecular formula is C28H24N2O6. The van der Waals surface area contributed by atoms with Crippen molar-refractivity contribution in [3.8, 4) is 28.7 Å². The molecule has 36 heavy (non-hydrogen) atoms. The van der Waals surface area contributed by atoms with E-state index in [0.29, 0.717) is 22.9 Å². The van der Waals surface area contributed by atoms with Crippen LogP contribution in [-0.4, -0.2) is 45.2 Å². The maximum absolute atomic E-state index is 13.2. The number of aromatic hydroxyl groups is 3. The summed E-state index contributed by atoms with van der Waals surface area (Å²) >= 11 is 0. The highest BCUT2D eigenvalue weighted by molar-refractivity contribution is 5.99. The normalized spacial score (nSPS) is 11.3. The van der Waals surface area contributed by atoms with Crippen molar-refractivity contribution in [1.82, 2.24) is 9.78 Å². The summed E-state index contributed by atoms with van der Waals surface area (Å²) in [7, 11) is 2.93. The van der Waals surface area contributed by atoms with Gasteiger partial charge in [0.2, 0.25) is 0 Å². The van der Waals surface area contributed by atoms with Crippen LogP contribution in [0.5, 0.6) is 28.7 Å². The summed E-state index contributed by atoms with van der Waals surface area (Å²) < 4.78 is 11.5. The second kappa shape index (κ2) is 10.5. The molecule has 1 heterocycles. The number of para-hydroxylation sites is 1. The van der Waals surface area contributed by atoms with Crippen molar-refractivity contribution in [1.29, 1.82) is 0 Å². The van der Waals surface area contributed by atoms with E-state index in [1.165, 1.54) is 43.2 Å². The van der Waals surface area contributed by atoms with Crippen LogP contribution in [-0.2, 0) is 0 Å². The average molecular weight is 485 g/mol. The molecule has 0 bridgehead atoms. The number of hydrogen-bond donors (Lipinski definition) is 3. The molecule has 0 fully saturated rings. The quantitative estimate of drug-likeness (QED) is 0.336. The highest BCUT2D eigenvalue weighted by Crippen LogP contribution is 2.28. The van der Waals surface area contributed by atoms with Crippen LogP contribution >= 0.6 is 0 Å². The van der Waals surface area contributed by atoms with Gasteiger partial charge < -0.3 is 24.8 Å². The Balaban J connectivity index is 1.72. The van der Waals surface area contributed by atoms with E-state index in [0.717, 1.165) is 11.1 Å². The molecule has 0 spiro atoms. The van der Waals surface area contributed by atoms with Crippen molar-refractivity contribution < 1.29 is 29.6 Å². The Morgan fingerprint density at radius 3 is 1.92 bits per heavy atom. The zero-order valence-electron chi connectivity index (χ0n) is 19.6. The first-order chi connectivity index (χ1) is 17.4. The molecule has 3 N–H and O–H groups in total. The van der Waals surface area contributed by atoms with Gasteiger partial charge in [-0.25, -0.2) is 0 Å². The standard InChI is InChI=1S/C28H24N2O6/c1-35-26-15-18(9-13-24(26)32)7-11-20-17-21(12-8-19-10-14-25(33)27(16-19)36-2)30(29-20)28(34)22-5-3-4-6-23(22)31/h3-17,31-33H,1-2H3. The van der Waals surface area contributed by atoms with Gasteiger partial charge in [0.25, 0.3) is 5.91 Å². The van der Waals surface area contributed by atoms with Crippen LogP contribution in [0.2, 0.25) is 0 Å². The van der Waals surface area contributed by atoms with Gasteiger partial charge in [-0.15, -0.1) is 0 Å². The largest absolute Gasteiger partial charge is 0.507 e. The predicted molar refractivity (Wildman–Crippen MR) is 137 cm³/mol. The minimum Gasteiger partial charge on any atom is -0.507 e. The first-order valence-corrected chi connectivity index (χ1v) is 10.9. The molecule has 0 aliphatic heterocycles. The Bertz CT molecular complexity index is 1470. The van der Waals surface area contributed by atoms with Crippen molar-refractivity contribution in [2.45, 2.75) is 0 Å². The number of rotatable bonds is 7. The number of carbonyl (C=O) groups excluding carboxylic acids is 1. The molecule has 8 heteroatoms. The lowest BCUT2D eigenvalue weighted by atomic mass is 10.1. The maximum Gasteiger partial charge on any atom is 0.282 e. The Hall–Kier alpha value is -4.98. The SMILES string of the molecule is COc1cc(C=Cc2cc(C=Cc3ccc(O)c(OC)c3)n(C(=O)c3ccccc3O)n2)ccc1O. The Kier molecular flexibility index (Phi) is 7.06. The van der Waals surface area contributed by atoms with Crippen LogP contribution in [0.4, 0.5) is 0 Å². The van der Waals surface area contributed by atoms with E-state index >= 15 is 0 Å². The molecule has 0 saturated heterocycles. The second-order valence-electron chi connectivity index (χ2n) is 7.76. The zero-order chi connectivity index (χ0) is 25.7. The molecule has 4 rings (SSSR count). The van der Waals surface area contributed by atoms with Gasteiger partial charge in [-0.05, 0) is 65.7 Å². The van der Waals surface area contributed by atoms with Gasteiger partial charge in [-0.3, -0.25) is 4.79 Å². The van der Waals surface area contributed by atoms with Crippen LogP contribution in [0.15, 0.2) is 66.7 Å². The maximum atomic E-state index is 13.2. The summed E-state index contributed by atoms with van der Waals surface area (Å²) in [6.45, 7) is 0. The minimum absolute atomic E-state index is 0.0210. The van der Waals surface area contributed by atoms with Gasteiger partial charge in [0, 0.05) is 0 Å². The third kappa shape index (κ3) is 5.23.